The lowest BCUT2D eigenvalue weighted by atomic mass is 10.0. The van der Waals surface area contributed by atoms with Crippen molar-refractivity contribution in [1.29, 1.82) is 0 Å². The summed E-state index contributed by atoms with van der Waals surface area (Å²) in [6, 6.07) is 12.3. The van der Waals surface area contributed by atoms with Crippen LogP contribution in [0.2, 0.25) is 0 Å². The molecule has 3 aromatic rings. The van der Waals surface area contributed by atoms with Crippen LogP contribution in [0.5, 0.6) is 0 Å². The maximum Gasteiger partial charge on any atom is 0.237 e. The number of para-hydroxylation sites is 1. The van der Waals surface area contributed by atoms with Crippen molar-refractivity contribution in [2.45, 2.75) is 24.4 Å². The van der Waals surface area contributed by atoms with Gasteiger partial charge in [-0.1, -0.05) is 30.0 Å². The number of hydrogen-bond donors (Lipinski definition) is 0. The van der Waals surface area contributed by atoms with E-state index in [2.05, 4.69) is 26.9 Å². The number of thioether (sulfide) groups is 1. The van der Waals surface area contributed by atoms with Crippen molar-refractivity contribution < 1.29 is 4.79 Å². The normalized spacial score (nSPS) is 13.6. The molecule has 0 N–H and O–H groups in total. The Labute approximate surface area is 163 Å². The second-order valence-electron chi connectivity index (χ2n) is 6.81. The van der Waals surface area contributed by atoms with Gasteiger partial charge in [0.15, 0.2) is 5.16 Å². The molecule has 27 heavy (non-hydrogen) atoms. The minimum absolute atomic E-state index is 0.124. The molecule has 1 amide bonds. The lowest BCUT2D eigenvalue weighted by Gasteiger charge is -2.29. The van der Waals surface area contributed by atoms with Gasteiger partial charge in [0.1, 0.15) is 5.82 Å². The summed E-state index contributed by atoms with van der Waals surface area (Å²) >= 11 is 1.45. The van der Waals surface area contributed by atoms with E-state index in [4.69, 9.17) is 0 Å². The van der Waals surface area contributed by atoms with Crippen LogP contribution < -0.4 is 4.90 Å². The van der Waals surface area contributed by atoms with Crippen molar-refractivity contribution in [3.63, 3.8) is 0 Å². The molecule has 1 aromatic carbocycles. The Kier molecular flexibility index (Phi) is 5.03. The number of fused-ring (bicyclic) bond motifs is 1. The van der Waals surface area contributed by atoms with Crippen molar-refractivity contribution in [2.24, 2.45) is 14.1 Å². The Morgan fingerprint density at radius 2 is 2.00 bits per heavy atom. The standard InChI is InChI=1S/C20H23N5OS/c1-23-11-6-9-16(23)13-18-21-22-20(24(18)2)27-14-19(26)25-12-5-8-15-7-3-4-10-17(15)25/h3-4,6-7,9-11H,5,8,12-14H2,1-2H3. The van der Waals surface area contributed by atoms with E-state index in [0.717, 1.165) is 42.5 Å². The summed E-state index contributed by atoms with van der Waals surface area (Å²) in [5.74, 6) is 1.39. The van der Waals surface area contributed by atoms with Crippen LogP contribution in [0.25, 0.3) is 0 Å². The maximum absolute atomic E-state index is 12.8. The predicted molar refractivity (Wildman–Crippen MR) is 107 cm³/mol. The quantitative estimate of drug-likeness (QED) is 0.638. The van der Waals surface area contributed by atoms with Crippen molar-refractivity contribution in [1.82, 2.24) is 19.3 Å². The minimum Gasteiger partial charge on any atom is -0.354 e. The van der Waals surface area contributed by atoms with Crippen LogP contribution >= 0.6 is 11.8 Å². The summed E-state index contributed by atoms with van der Waals surface area (Å²) in [6.07, 6.45) is 4.80. The zero-order chi connectivity index (χ0) is 18.8. The second kappa shape index (κ2) is 7.60. The van der Waals surface area contributed by atoms with Crippen LogP contribution in [0.15, 0.2) is 47.8 Å². The smallest absolute Gasteiger partial charge is 0.237 e. The summed E-state index contributed by atoms with van der Waals surface area (Å²) in [5.41, 5.74) is 3.49. The van der Waals surface area contributed by atoms with E-state index in [0.29, 0.717) is 5.75 Å². The highest BCUT2D eigenvalue weighted by atomic mass is 32.2. The Hall–Kier alpha value is -2.54. The van der Waals surface area contributed by atoms with Crippen LogP contribution in [-0.2, 0) is 31.7 Å². The maximum atomic E-state index is 12.8. The zero-order valence-corrected chi connectivity index (χ0v) is 16.4. The van der Waals surface area contributed by atoms with Crippen molar-refractivity contribution in [3.8, 4) is 0 Å². The van der Waals surface area contributed by atoms with Gasteiger partial charge in [-0.2, -0.15) is 0 Å². The van der Waals surface area contributed by atoms with E-state index in [1.54, 1.807) is 0 Å². The number of aromatic nitrogens is 4. The van der Waals surface area contributed by atoms with Gasteiger partial charge in [0.25, 0.3) is 0 Å². The molecule has 0 fully saturated rings. The SMILES string of the molecule is Cn1cccc1Cc1nnc(SCC(=O)N2CCCc3ccccc32)n1C. The average Bonchev–Trinajstić information content (AvgIpc) is 3.25. The van der Waals surface area contributed by atoms with Crippen molar-refractivity contribution >= 4 is 23.4 Å². The molecule has 4 rings (SSSR count). The van der Waals surface area contributed by atoms with E-state index in [1.165, 1.54) is 23.0 Å². The molecule has 7 heteroatoms. The van der Waals surface area contributed by atoms with Crippen LogP contribution in [-0.4, -0.2) is 37.5 Å². The molecular weight excluding hydrogens is 358 g/mol. The number of carbonyl (C=O) groups excluding carboxylic acids is 1. The predicted octanol–water partition coefficient (Wildman–Crippen LogP) is 2.82. The minimum atomic E-state index is 0.124. The third kappa shape index (κ3) is 3.64. The lowest BCUT2D eigenvalue weighted by Crippen LogP contribution is -2.36. The third-order valence-electron chi connectivity index (χ3n) is 5.05. The number of carbonyl (C=O) groups is 1. The summed E-state index contributed by atoms with van der Waals surface area (Å²) in [6.45, 7) is 0.786. The number of nitrogens with zero attached hydrogens (tertiary/aromatic N) is 5. The molecule has 0 spiro atoms. The Balaban J connectivity index is 1.42. The molecular formula is C20H23N5OS. The lowest BCUT2D eigenvalue weighted by molar-refractivity contribution is -0.116. The number of amides is 1. The first kappa shape index (κ1) is 17.9. The molecule has 1 aliphatic rings. The molecule has 6 nitrogen and oxygen atoms in total. The molecule has 2 aromatic heterocycles. The van der Waals surface area contributed by atoms with E-state index in [1.807, 2.05) is 54.0 Å². The van der Waals surface area contributed by atoms with Gasteiger partial charge in [-0.25, -0.2) is 0 Å². The van der Waals surface area contributed by atoms with Crippen molar-refractivity contribution in [3.05, 3.63) is 59.7 Å². The van der Waals surface area contributed by atoms with E-state index < -0.39 is 0 Å². The third-order valence-corrected chi connectivity index (χ3v) is 6.06. The van der Waals surface area contributed by atoms with Crippen LogP contribution in [0, 0.1) is 0 Å². The summed E-state index contributed by atoms with van der Waals surface area (Å²) in [7, 11) is 3.98. The molecule has 0 aliphatic carbocycles. The Bertz CT molecular complexity index is 961. The first-order valence-corrected chi connectivity index (χ1v) is 10.1. The number of benzene rings is 1. The monoisotopic (exact) mass is 381 g/mol. The van der Waals surface area contributed by atoms with Crippen molar-refractivity contribution in [2.75, 3.05) is 17.2 Å². The number of aryl methyl sites for hydroxylation is 2. The molecule has 0 bridgehead atoms. The van der Waals surface area contributed by atoms with Crippen LogP contribution in [0.4, 0.5) is 5.69 Å². The van der Waals surface area contributed by atoms with Gasteiger partial charge in [0.2, 0.25) is 5.91 Å². The highest BCUT2D eigenvalue weighted by molar-refractivity contribution is 7.99. The number of rotatable bonds is 5. The van der Waals surface area contributed by atoms with E-state index >= 15 is 0 Å². The first-order valence-electron chi connectivity index (χ1n) is 9.13. The first-order chi connectivity index (χ1) is 13.1. The van der Waals surface area contributed by atoms with Gasteiger partial charge in [-0.05, 0) is 36.6 Å². The summed E-state index contributed by atoms with van der Waals surface area (Å²) < 4.78 is 4.06. The van der Waals surface area contributed by atoms with Gasteiger partial charge in [0.05, 0.1) is 5.75 Å². The molecule has 0 unspecified atom stereocenters. The number of anilines is 1. The topological polar surface area (TPSA) is 56.0 Å². The largest absolute Gasteiger partial charge is 0.354 e. The van der Waals surface area contributed by atoms with Gasteiger partial charge in [-0.3, -0.25) is 4.79 Å². The fourth-order valence-electron chi connectivity index (χ4n) is 3.46. The number of hydrogen-bond acceptors (Lipinski definition) is 4. The Morgan fingerprint density at radius 3 is 2.81 bits per heavy atom. The molecule has 0 atom stereocenters. The van der Waals surface area contributed by atoms with Gasteiger partial charge >= 0.3 is 0 Å². The van der Waals surface area contributed by atoms with Gasteiger partial charge in [-0.15, -0.1) is 10.2 Å². The molecule has 140 valence electrons. The summed E-state index contributed by atoms with van der Waals surface area (Å²) in [5, 5.41) is 9.37. The summed E-state index contributed by atoms with van der Waals surface area (Å²) in [4.78, 5) is 14.7. The van der Waals surface area contributed by atoms with Crippen LogP contribution in [0.3, 0.4) is 0 Å². The van der Waals surface area contributed by atoms with Gasteiger partial charge < -0.3 is 14.0 Å². The second-order valence-corrected chi connectivity index (χ2v) is 7.75. The average molecular weight is 382 g/mol. The van der Waals surface area contributed by atoms with E-state index in [-0.39, 0.29) is 5.91 Å². The van der Waals surface area contributed by atoms with Gasteiger partial charge in [0, 0.05) is 44.6 Å². The van der Waals surface area contributed by atoms with E-state index in [9.17, 15) is 4.79 Å². The molecule has 0 saturated heterocycles. The molecule has 1 aliphatic heterocycles. The molecule has 3 heterocycles. The fraction of sp³-hybridized carbons (Fsp3) is 0.350. The molecule has 0 saturated carbocycles. The van der Waals surface area contributed by atoms with Crippen LogP contribution in [0.1, 0.15) is 23.5 Å². The fourth-order valence-corrected chi connectivity index (χ4v) is 4.27. The zero-order valence-electron chi connectivity index (χ0n) is 15.6. The Morgan fingerprint density at radius 1 is 1.15 bits per heavy atom. The highest BCUT2D eigenvalue weighted by Gasteiger charge is 2.23. The highest BCUT2D eigenvalue weighted by Crippen LogP contribution is 2.28. The molecule has 0 radical (unpaired) electrons.